The van der Waals surface area contributed by atoms with E-state index in [0.29, 0.717) is 28.2 Å². The molecule has 1 aliphatic rings. The Kier molecular flexibility index (Phi) is 7.70. The minimum Gasteiger partial charge on any atom is -0.493 e. The zero-order valence-electron chi connectivity index (χ0n) is 22.1. The molecule has 0 saturated heterocycles. The molecule has 0 aromatic heterocycles. The second-order valence-electron chi connectivity index (χ2n) is 9.11. The van der Waals surface area contributed by atoms with Gasteiger partial charge in [-0.05, 0) is 42.0 Å². The number of benzene rings is 4. The lowest BCUT2D eigenvalue weighted by Gasteiger charge is -2.27. The molecule has 210 valence electrons. The van der Waals surface area contributed by atoms with E-state index in [-0.39, 0.29) is 46.6 Å². The highest BCUT2D eigenvalue weighted by atomic mass is 19.1. The Morgan fingerprint density at radius 2 is 1.83 bits per heavy atom. The minimum absolute atomic E-state index is 0.0137. The lowest BCUT2D eigenvalue weighted by atomic mass is 9.83. The summed E-state index contributed by atoms with van der Waals surface area (Å²) in [6, 6.07) is 23.2. The monoisotopic (exact) mass is 567 g/mol. The van der Waals surface area contributed by atoms with Crippen LogP contribution in [-0.2, 0) is 6.61 Å². The fourth-order valence-electron chi connectivity index (χ4n) is 4.48. The first-order chi connectivity index (χ1) is 20.3. The molecule has 1 heterocycles. The van der Waals surface area contributed by atoms with Crippen LogP contribution in [-0.4, -0.2) is 18.0 Å². The number of non-ortho nitro benzene ring substituents is 1. The Hall–Kier alpha value is -5.89. The summed E-state index contributed by atoms with van der Waals surface area (Å²) in [5.74, 6) is -0.733. The van der Waals surface area contributed by atoms with Gasteiger partial charge in [0.05, 0.1) is 23.5 Å². The van der Waals surface area contributed by atoms with Crippen LogP contribution in [0.5, 0.6) is 23.0 Å². The number of carbonyl (C=O) groups is 1. The van der Waals surface area contributed by atoms with Gasteiger partial charge in [-0.15, -0.1) is 0 Å². The number of rotatable bonds is 8. The molecular formula is C31H22FN3O7. The van der Waals surface area contributed by atoms with Crippen LogP contribution in [0.1, 0.15) is 33.0 Å². The van der Waals surface area contributed by atoms with E-state index in [1.54, 1.807) is 42.5 Å². The molecule has 0 bridgehead atoms. The average Bonchev–Trinajstić information content (AvgIpc) is 3.00. The van der Waals surface area contributed by atoms with Crippen molar-refractivity contribution in [3.8, 4) is 29.1 Å². The van der Waals surface area contributed by atoms with Gasteiger partial charge in [-0.3, -0.25) is 10.1 Å². The Labute approximate surface area is 239 Å². The fourth-order valence-corrected chi connectivity index (χ4v) is 4.48. The topological polar surface area (TPSA) is 147 Å². The number of carbonyl (C=O) groups excluding carboxylic acids is 1. The molecule has 10 nitrogen and oxygen atoms in total. The standard InChI is InChI=1S/C31H22FN3O7/c1-39-28-14-19(8-13-26(28)40-17-20-4-2-3-5-25(20)32)29-23-12-11-22(15-27(23)42-30(34)24(29)16-33)41-31(36)18-6-9-21(10-7-18)35(37)38/h2-15,29H,17,34H2,1H3. The summed E-state index contributed by atoms with van der Waals surface area (Å²) in [5, 5.41) is 20.8. The summed E-state index contributed by atoms with van der Waals surface area (Å²) in [6.45, 7) is -0.0137. The first-order valence-corrected chi connectivity index (χ1v) is 12.5. The van der Waals surface area contributed by atoms with Crippen LogP contribution in [0.3, 0.4) is 0 Å². The third-order valence-electron chi connectivity index (χ3n) is 6.58. The molecular weight excluding hydrogens is 545 g/mol. The molecule has 42 heavy (non-hydrogen) atoms. The third kappa shape index (κ3) is 5.55. The van der Waals surface area contributed by atoms with Gasteiger partial charge in [0.1, 0.15) is 35.6 Å². The molecule has 1 unspecified atom stereocenters. The zero-order chi connectivity index (χ0) is 29.8. The highest BCUT2D eigenvalue weighted by Gasteiger charge is 2.32. The van der Waals surface area contributed by atoms with Crippen LogP contribution in [0.15, 0.2) is 96.4 Å². The maximum absolute atomic E-state index is 14.0. The third-order valence-corrected chi connectivity index (χ3v) is 6.58. The van der Waals surface area contributed by atoms with Crippen molar-refractivity contribution in [3.63, 3.8) is 0 Å². The SMILES string of the molecule is COc1cc(C2C(C#N)=C(N)Oc3cc(OC(=O)c4ccc([N+](=O)[O-])cc4)ccc32)ccc1OCc1ccccc1F. The van der Waals surface area contributed by atoms with Crippen molar-refractivity contribution in [2.45, 2.75) is 12.5 Å². The molecule has 1 atom stereocenters. The van der Waals surface area contributed by atoms with Crippen LogP contribution in [0.2, 0.25) is 0 Å². The second kappa shape index (κ2) is 11.7. The van der Waals surface area contributed by atoms with Gasteiger partial charge >= 0.3 is 5.97 Å². The highest BCUT2D eigenvalue weighted by molar-refractivity contribution is 5.91. The van der Waals surface area contributed by atoms with Gasteiger partial charge in [0.2, 0.25) is 5.88 Å². The van der Waals surface area contributed by atoms with Gasteiger partial charge in [0.15, 0.2) is 11.5 Å². The summed E-state index contributed by atoms with van der Waals surface area (Å²) in [5.41, 5.74) is 7.86. The second-order valence-corrected chi connectivity index (χ2v) is 9.11. The number of ether oxygens (including phenoxy) is 4. The van der Waals surface area contributed by atoms with Crippen molar-refractivity contribution in [2.24, 2.45) is 5.73 Å². The largest absolute Gasteiger partial charge is 0.493 e. The van der Waals surface area contributed by atoms with Gasteiger partial charge in [-0.25, -0.2) is 9.18 Å². The summed E-state index contributed by atoms with van der Waals surface area (Å²) in [6.07, 6.45) is 0. The van der Waals surface area contributed by atoms with Crippen molar-refractivity contribution < 1.29 is 33.1 Å². The summed E-state index contributed by atoms with van der Waals surface area (Å²) < 4.78 is 36.6. The molecule has 11 heteroatoms. The number of hydrogen-bond donors (Lipinski definition) is 1. The number of nitrogens with zero attached hydrogens (tertiary/aromatic N) is 2. The number of esters is 1. The van der Waals surface area contributed by atoms with E-state index in [4.69, 9.17) is 24.7 Å². The number of allylic oxidation sites excluding steroid dienone is 1. The van der Waals surface area contributed by atoms with Crippen molar-refractivity contribution in [1.82, 2.24) is 0 Å². The molecule has 0 radical (unpaired) electrons. The predicted octanol–water partition coefficient (Wildman–Crippen LogP) is 5.76. The van der Waals surface area contributed by atoms with E-state index in [1.165, 1.54) is 49.6 Å². The summed E-state index contributed by atoms with van der Waals surface area (Å²) in [4.78, 5) is 22.9. The number of hydrogen-bond acceptors (Lipinski definition) is 9. The van der Waals surface area contributed by atoms with Crippen molar-refractivity contribution in [1.29, 1.82) is 5.26 Å². The maximum Gasteiger partial charge on any atom is 0.343 e. The molecule has 2 N–H and O–H groups in total. The van der Waals surface area contributed by atoms with Gasteiger partial charge in [-0.1, -0.05) is 30.3 Å². The zero-order valence-corrected chi connectivity index (χ0v) is 22.1. The minimum atomic E-state index is -0.728. The van der Waals surface area contributed by atoms with Gasteiger partial charge in [0, 0.05) is 29.3 Å². The predicted molar refractivity (Wildman–Crippen MR) is 148 cm³/mol. The molecule has 5 rings (SSSR count). The van der Waals surface area contributed by atoms with E-state index >= 15 is 0 Å². The number of halogens is 1. The maximum atomic E-state index is 14.0. The summed E-state index contributed by atoms with van der Waals surface area (Å²) >= 11 is 0. The van der Waals surface area contributed by atoms with Crippen molar-refractivity contribution in [2.75, 3.05) is 7.11 Å². The Morgan fingerprint density at radius 1 is 1.07 bits per heavy atom. The first-order valence-electron chi connectivity index (χ1n) is 12.5. The molecule has 4 aromatic rings. The van der Waals surface area contributed by atoms with Gasteiger partial charge < -0.3 is 24.7 Å². The molecule has 0 amide bonds. The lowest BCUT2D eigenvalue weighted by molar-refractivity contribution is -0.384. The molecule has 0 spiro atoms. The number of methoxy groups -OCH3 is 1. The molecule has 4 aromatic carbocycles. The van der Waals surface area contributed by atoms with E-state index in [1.807, 2.05) is 0 Å². The Morgan fingerprint density at radius 3 is 2.52 bits per heavy atom. The van der Waals surface area contributed by atoms with Crippen LogP contribution in [0.4, 0.5) is 10.1 Å². The Bertz CT molecular complexity index is 1760. The van der Waals surface area contributed by atoms with Crippen molar-refractivity contribution >= 4 is 11.7 Å². The number of nitrogens with two attached hydrogens (primary N) is 1. The van der Waals surface area contributed by atoms with E-state index in [9.17, 15) is 24.6 Å². The first kappa shape index (κ1) is 27.7. The van der Waals surface area contributed by atoms with Crippen LogP contribution < -0.4 is 24.7 Å². The fraction of sp³-hybridized carbons (Fsp3) is 0.0968. The number of nitro groups is 1. The van der Waals surface area contributed by atoms with E-state index in [0.717, 1.165) is 0 Å². The van der Waals surface area contributed by atoms with Gasteiger partial charge in [0.25, 0.3) is 5.69 Å². The molecule has 1 aliphatic heterocycles. The van der Waals surface area contributed by atoms with Crippen LogP contribution in [0, 0.1) is 27.3 Å². The summed E-state index contributed by atoms with van der Waals surface area (Å²) in [7, 11) is 1.47. The quantitative estimate of drug-likeness (QED) is 0.121. The van der Waals surface area contributed by atoms with E-state index in [2.05, 4.69) is 6.07 Å². The molecule has 0 fully saturated rings. The average molecular weight is 568 g/mol. The number of nitriles is 1. The van der Waals surface area contributed by atoms with E-state index < -0.39 is 16.8 Å². The van der Waals surface area contributed by atoms with Crippen molar-refractivity contribution in [3.05, 3.63) is 135 Å². The lowest BCUT2D eigenvalue weighted by Crippen LogP contribution is -2.21. The number of nitro benzene ring substituents is 1. The molecule has 0 saturated carbocycles. The normalized spacial score (nSPS) is 13.8. The smallest absolute Gasteiger partial charge is 0.343 e. The Balaban J connectivity index is 1.42. The van der Waals surface area contributed by atoms with Crippen LogP contribution >= 0.6 is 0 Å². The molecule has 0 aliphatic carbocycles. The van der Waals surface area contributed by atoms with Crippen LogP contribution in [0.25, 0.3) is 0 Å². The number of fused-ring (bicyclic) bond motifs is 1. The van der Waals surface area contributed by atoms with Gasteiger partial charge in [-0.2, -0.15) is 5.26 Å². The highest BCUT2D eigenvalue weighted by Crippen LogP contribution is 2.45.